The standard InChI is InChI=1S/C22H26BrNO4/c1-2-20(16-8-10-18(23)11-9-16)24-13-12-22(28-21(24)27,14-19(26)15-25)17-6-4-3-5-7-17/h3-11,19-20,25-26H,2,12-15H2,1H3/t19-,20+,22+/m1/s1. The molecule has 3 rings (SSSR count). The summed E-state index contributed by atoms with van der Waals surface area (Å²) >= 11 is 3.45. The van der Waals surface area contributed by atoms with Gasteiger partial charge in [-0.3, -0.25) is 0 Å². The number of halogens is 1. The molecule has 1 fully saturated rings. The first-order valence-electron chi connectivity index (χ1n) is 9.58. The molecule has 1 heterocycles. The third-order valence-corrected chi connectivity index (χ3v) is 5.90. The SMILES string of the molecule is CC[C@@H](c1ccc(Br)cc1)N1CC[C@](C[C@@H](O)CO)(c2ccccc2)OC1=O. The summed E-state index contributed by atoms with van der Waals surface area (Å²) in [4.78, 5) is 14.8. The Bertz CT molecular complexity index is 783. The van der Waals surface area contributed by atoms with Crippen molar-refractivity contribution in [3.05, 3.63) is 70.2 Å². The number of hydrogen-bond acceptors (Lipinski definition) is 4. The number of benzene rings is 2. The van der Waals surface area contributed by atoms with Gasteiger partial charge in [-0.15, -0.1) is 0 Å². The van der Waals surface area contributed by atoms with Crippen molar-refractivity contribution in [3.63, 3.8) is 0 Å². The summed E-state index contributed by atoms with van der Waals surface area (Å²) in [5, 5.41) is 19.4. The van der Waals surface area contributed by atoms with Crippen molar-refractivity contribution in [2.24, 2.45) is 0 Å². The first-order chi connectivity index (χ1) is 13.5. The Morgan fingerprint density at radius 2 is 1.86 bits per heavy atom. The van der Waals surface area contributed by atoms with Crippen molar-refractivity contribution in [1.29, 1.82) is 0 Å². The Kier molecular flexibility index (Phi) is 6.75. The molecule has 1 aliphatic rings. The first kappa shape index (κ1) is 20.8. The largest absolute Gasteiger partial charge is 0.438 e. The molecular formula is C22H26BrNO4. The average Bonchev–Trinajstić information content (AvgIpc) is 2.72. The van der Waals surface area contributed by atoms with Gasteiger partial charge in [0.2, 0.25) is 0 Å². The molecule has 0 aliphatic carbocycles. The van der Waals surface area contributed by atoms with Crippen LogP contribution in [0.5, 0.6) is 0 Å². The lowest BCUT2D eigenvalue weighted by molar-refractivity contribution is -0.0905. The molecule has 150 valence electrons. The van der Waals surface area contributed by atoms with Crippen LogP contribution >= 0.6 is 15.9 Å². The van der Waals surface area contributed by atoms with Crippen molar-refractivity contribution in [2.75, 3.05) is 13.2 Å². The summed E-state index contributed by atoms with van der Waals surface area (Å²) < 4.78 is 6.97. The van der Waals surface area contributed by atoms with Crippen molar-refractivity contribution in [3.8, 4) is 0 Å². The highest BCUT2D eigenvalue weighted by Crippen LogP contribution is 2.41. The van der Waals surface area contributed by atoms with E-state index in [4.69, 9.17) is 4.74 Å². The van der Waals surface area contributed by atoms with E-state index in [1.807, 2.05) is 54.6 Å². The van der Waals surface area contributed by atoms with E-state index in [1.165, 1.54) is 0 Å². The molecule has 2 N–H and O–H groups in total. The van der Waals surface area contributed by atoms with Crippen molar-refractivity contribution < 1.29 is 19.7 Å². The molecule has 2 aromatic carbocycles. The molecule has 0 aromatic heterocycles. The summed E-state index contributed by atoms with van der Waals surface area (Å²) in [6.07, 6.45) is 0.145. The second kappa shape index (κ2) is 9.07. The van der Waals surface area contributed by atoms with Crippen LogP contribution in [0, 0.1) is 0 Å². The Labute approximate surface area is 174 Å². The van der Waals surface area contributed by atoms with Gasteiger partial charge in [0, 0.05) is 23.9 Å². The first-order valence-corrected chi connectivity index (χ1v) is 10.4. The Morgan fingerprint density at radius 1 is 1.18 bits per heavy atom. The summed E-state index contributed by atoms with van der Waals surface area (Å²) in [5.41, 5.74) is 0.965. The number of rotatable bonds is 7. The zero-order chi connectivity index (χ0) is 20.1. The van der Waals surface area contributed by atoms with Gasteiger partial charge in [-0.2, -0.15) is 0 Å². The fourth-order valence-corrected chi connectivity index (χ4v) is 4.19. The van der Waals surface area contributed by atoms with Crippen molar-refractivity contribution in [1.82, 2.24) is 4.90 Å². The molecule has 5 nitrogen and oxygen atoms in total. The maximum atomic E-state index is 13.0. The van der Waals surface area contributed by atoms with Gasteiger partial charge < -0.3 is 19.8 Å². The highest BCUT2D eigenvalue weighted by molar-refractivity contribution is 9.10. The van der Waals surface area contributed by atoms with Crippen LogP contribution in [0.4, 0.5) is 4.79 Å². The van der Waals surface area contributed by atoms with E-state index < -0.39 is 17.8 Å². The monoisotopic (exact) mass is 447 g/mol. The van der Waals surface area contributed by atoms with E-state index in [9.17, 15) is 15.0 Å². The van der Waals surface area contributed by atoms with Crippen LogP contribution in [0.15, 0.2) is 59.1 Å². The quantitative estimate of drug-likeness (QED) is 0.660. The third kappa shape index (κ3) is 4.40. The van der Waals surface area contributed by atoms with Crippen LogP contribution in [0.25, 0.3) is 0 Å². The molecule has 1 aliphatic heterocycles. The maximum absolute atomic E-state index is 13.0. The van der Waals surface area contributed by atoms with E-state index in [0.717, 1.165) is 22.0 Å². The molecule has 3 atom stereocenters. The molecule has 0 radical (unpaired) electrons. The number of ether oxygens (including phenoxy) is 1. The molecule has 0 unspecified atom stereocenters. The summed E-state index contributed by atoms with van der Waals surface area (Å²) in [6.45, 7) is 2.20. The van der Waals surface area contributed by atoms with E-state index in [1.54, 1.807) is 4.90 Å². The minimum atomic E-state index is -0.951. The molecule has 0 bridgehead atoms. The second-order valence-electron chi connectivity index (χ2n) is 7.19. The zero-order valence-electron chi connectivity index (χ0n) is 15.9. The van der Waals surface area contributed by atoms with Crippen LogP contribution in [0.2, 0.25) is 0 Å². The molecule has 28 heavy (non-hydrogen) atoms. The van der Waals surface area contributed by atoms with Gasteiger partial charge >= 0.3 is 6.09 Å². The minimum absolute atomic E-state index is 0.0721. The topological polar surface area (TPSA) is 70.0 Å². The molecule has 0 saturated carbocycles. The number of hydrogen-bond donors (Lipinski definition) is 2. The molecule has 2 aromatic rings. The second-order valence-corrected chi connectivity index (χ2v) is 8.10. The van der Waals surface area contributed by atoms with Crippen molar-refractivity contribution >= 4 is 22.0 Å². The number of nitrogens with zero attached hydrogens (tertiary/aromatic N) is 1. The van der Waals surface area contributed by atoms with Crippen LogP contribution < -0.4 is 0 Å². The van der Waals surface area contributed by atoms with Crippen LogP contribution in [0.3, 0.4) is 0 Å². The van der Waals surface area contributed by atoms with Crippen LogP contribution in [-0.2, 0) is 10.3 Å². The van der Waals surface area contributed by atoms with E-state index in [2.05, 4.69) is 22.9 Å². The Hall–Kier alpha value is -1.89. The third-order valence-electron chi connectivity index (χ3n) is 5.37. The fourth-order valence-electron chi connectivity index (χ4n) is 3.93. The van der Waals surface area contributed by atoms with Gasteiger partial charge in [0.25, 0.3) is 0 Å². The van der Waals surface area contributed by atoms with Crippen molar-refractivity contribution in [2.45, 2.75) is 43.9 Å². The number of aliphatic hydroxyl groups excluding tert-OH is 2. The lowest BCUT2D eigenvalue weighted by atomic mass is 9.83. The highest BCUT2D eigenvalue weighted by atomic mass is 79.9. The van der Waals surface area contributed by atoms with E-state index in [-0.39, 0.29) is 19.1 Å². The summed E-state index contributed by atoms with van der Waals surface area (Å²) in [5.74, 6) is 0. The average molecular weight is 448 g/mol. The van der Waals surface area contributed by atoms with Gasteiger partial charge in [-0.1, -0.05) is 65.3 Å². The van der Waals surface area contributed by atoms with E-state index in [0.29, 0.717) is 13.0 Å². The van der Waals surface area contributed by atoms with Gasteiger partial charge in [-0.05, 0) is 29.7 Å². The molecule has 1 amide bonds. The predicted molar refractivity (Wildman–Crippen MR) is 111 cm³/mol. The number of aliphatic hydroxyl groups is 2. The normalized spacial score (nSPS) is 21.9. The van der Waals surface area contributed by atoms with Gasteiger partial charge in [0.05, 0.1) is 18.8 Å². The highest BCUT2D eigenvalue weighted by Gasteiger charge is 2.45. The molecule has 6 heteroatoms. The molecular weight excluding hydrogens is 422 g/mol. The summed E-state index contributed by atoms with van der Waals surface area (Å²) in [7, 11) is 0. The van der Waals surface area contributed by atoms with E-state index >= 15 is 0 Å². The zero-order valence-corrected chi connectivity index (χ0v) is 17.5. The maximum Gasteiger partial charge on any atom is 0.411 e. The smallest absolute Gasteiger partial charge is 0.411 e. The Morgan fingerprint density at radius 3 is 2.43 bits per heavy atom. The fraction of sp³-hybridized carbons (Fsp3) is 0.409. The molecule has 1 saturated heterocycles. The summed E-state index contributed by atoms with van der Waals surface area (Å²) in [6, 6.07) is 17.4. The van der Waals surface area contributed by atoms with Gasteiger partial charge in [0.1, 0.15) is 5.60 Å². The predicted octanol–water partition coefficient (Wildman–Crippen LogP) is 4.38. The molecule has 0 spiro atoms. The minimum Gasteiger partial charge on any atom is -0.438 e. The van der Waals surface area contributed by atoms with Gasteiger partial charge in [0.15, 0.2) is 0 Å². The lowest BCUT2D eigenvalue weighted by Crippen LogP contribution is -2.50. The number of cyclic esters (lactones) is 1. The Balaban J connectivity index is 1.86. The van der Waals surface area contributed by atoms with Crippen LogP contribution in [0.1, 0.15) is 43.4 Å². The van der Waals surface area contributed by atoms with Crippen LogP contribution in [-0.4, -0.2) is 40.5 Å². The number of amides is 1. The number of carbonyl (C=O) groups excluding carboxylic acids is 1. The number of carbonyl (C=O) groups is 1. The van der Waals surface area contributed by atoms with Gasteiger partial charge in [-0.25, -0.2) is 4.79 Å². The lowest BCUT2D eigenvalue weighted by Gasteiger charge is -2.44.